The average Bonchev–Trinajstić information content (AvgIpc) is 1.85. The Morgan fingerprint density at radius 2 is 1.83 bits per heavy atom. The molecular formula is C4H10FLiO5S. The first kappa shape index (κ1) is 14.9. The van der Waals surface area contributed by atoms with Crippen molar-refractivity contribution in [3.05, 3.63) is 0 Å². The van der Waals surface area contributed by atoms with E-state index in [4.69, 9.17) is 4.55 Å². The van der Waals surface area contributed by atoms with Crippen molar-refractivity contribution in [2.45, 2.75) is 0 Å². The van der Waals surface area contributed by atoms with Gasteiger partial charge < -0.3 is 4.74 Å². The second-order valence-electron chi connectivity index (χ2n) is 1.55. The molecule has 0 aromatic heterocycles. The number of alkyl halides is 1. The maximum absolute atomic E-state index is 11.3. The van der Waals surface area contributed by atoms with E-state index in [2.05, 4.69) is 8.92 Å². The summed E-state index contributed by atoms with van der Waals surface area (Å²) in [6.07, 6.45) is 0. The third kappa shape index (κ3) is 13.0. The Balaban J connectivity index is 0. The number of halogens is 1. The van der Waals surface area contributed by atoms with Crippen molar-refractivity contribution in [3.63, 3.8) is 0 Å². The quantitative estimate of drug-likeness (QED) is 0.340. The molecule has 0 saturated heterocycles. The van der Waals surface area contributed by atoms with E-state index in [0.717, 1.165) is 0 Å². The normalized spacial score (nSPS) is 10.8. The van der Waals surface area contributed by atoms with Gasteiger partial charge in [0.05, 0.1) is 19.8 Å². The second kappa shape index (κ2) is 7.98. The molecule has 1 N–H and O–H groups in total. The van der Waals surface area contributed by atoms with Gasteiger partial charge in [0.1, 0.15) is 6.67 Å². The molecule has 0 heterocycles. The molecule has 0 aliphatic heterocycles. The molecule has 0 fully saturated rings. The Kier molecular flexibility index (Phi) is 9.88. The Bertz CT molecular complexity index is 182. The standard InChI is InChI=1S/C4H9FO5S.Li.H/c5-1-2-9-3-4-10-11(6,7)8;;/h1-4H2,(H,6,7,8);;. The number of hydrogen-bond acceptors (Lipinski definition) is 4. The van der Waals surface area contributed by atoms with E-state index in [1.54, 1.807) is 0 Å². The van der Waals surface area contributed by atoms with Crippen LogP contribution < -0.4 is 0 Å². The predicted molar refractivity (Wildman–Crippen MR) is 41.4 cm³/mol. The summed E-state index contributed by atoms with van der Waals surface area (Å²) in [5.74, 6) is 0. The Hall–Kier alpha value is 0.357. The Labute approximate surface area is 82.4 Å². The van der Waals surface area contributed by atoms with E-state index in [1.807, 2.05) is 0 Å². The van der Waals surface area contributed by atoms with Gasteiger partial charge in [0.15, 0.2) is 0 Å². The summed E-state index contributed by atoms with van der Waals surface area (Å²) in [5, 5.41) is 0. The van der Waals surface area contributed by atoms with Crippen molar-refractivity contribution in [1.29, 1.82) is 0 Å². The molecule has 0 unspecified atom stereocenters. The fourth-order valence-electron chi connectivity index (χ4n) is 0.355. The van der Waals surface area contributed by atoms with Crippen LogP contribution in [0.5, 0.6) is 0 Å². The van der Waals surface area contributed by atoms with Gasteiger partial charge in [0.25, 0.3) is 0 Å². The minimum absolute atomic E-state index is 0. The van der Waals surface area contributed by atoms with Crippen LogP contribution in [0, 0.1) is 0 Å². The van der Waals surface area contributed by atoms with E-state index >= 15 is 0 Å². The van der Waals surface area contributed by atoms with Gasteiger partial charge in [-0.1, -0.05) is 0 Å². The second-order valence-corrected chi connectivity index (χ2v) is 2.64. The predicted octanol–water partition coefficient (Wildman–Crippen LogP) is -0.857. The van der Waals surface area contributed by atoms with E-state index in [0.29, 0.717) is 0 Å². The first-order chi connectivity index (χ1) is 5.06. The van der Waals surface area contributed by atoms with Crippen molar-refractivity contribution in [2.75, 3.05) is 26.5 Å². The maximum atomic E-state index is 11.3. The van der Waals surface area contributed by atoms with Crippen molar-refractivity contribution in [2.24, 2.45) is 0 Å². The molecule has 12 heavy (non-hydrogen) atoms. The van der Waals surface area contributed by atoms with E-state index < -0.39 is 17.1 Å². The Morgan fingerprint density at radius 1 is 1.25 bits per heavy atom. The zero-order valence-corrected chi connectivity index (χ0v) is 6.51. The molecule has 0 aromatic rings. The molecule has 0 aliphatic carbocycles. The number of hydrogen-bond donors (Lipinski definition) is 1. The zero-order chi connectivity index (χ0) is 8.74. The molecule has 8 heteroatoms. The topological polar surface area (TPSA) is 72.8 Å². The first-order valence-electron chi connectivity index (χ1n) is 2.82. The van der Waals surface area contributed by atoms with Crippen LogP contribution in [0.3, 0.4) is 0 Å². The van der Waals surface area contributed by atoms with Gasteiger partial charge >= 0.3 is 29.3 Å². The van der Waals surface area contributed by atoms with Crippen LogP contribution in [0.25, 0.3) is 0 Å². The molecule has 0 spiro atoms. The van der Waals surface area contributed by atoms with Gasteiger partial charge in [-0.3, -0.25) is 4.55 Å². The minimum atomic E-state index is -4.39. The van der Waals surface area contributed by atoms with Crippen LogP contribution in [-0.4, -0.2) is 58.3 Å². The van der Waals surface area contributed by atoms with Crippen LogP contribution in [-0.2, 0) is 19.3 Å². The molecule has 5 nitrogen and oxygen atoms in total. The molecule has 0 aromatic carbocycles. The summed E-state index contributed by atoms with van der Waals surface area (Å²) in [7, 11) is -4.39. The van der Waals surface area contributed by atoms with Crippen molar-refractivity contribution >= 4 is 29.3 Å². The van der Waals surface area contributed by atoms with Crippen LogP contribution >= 0.6 is 0 Å². The summed E-state index contributed by atoms with van der Waals surface area (Å²) in [5.41, 5.74) is 0. The van der Waals surface area contributed by atoms with E-state index in [9.17, 15) is 12.8 Å². The van der Waals surface area contributed by atoms with Crippen LogP contribution in [0.4, 0.5) is 4.39 Å². The van der Waals surface area contributed by atoms with Crippen LogP contribution in [0.1, 0.15) is 0 Å². The average molecular weight is 196 g/mol. The first-order valence-corrected chi connectivity index (χ1v) is 4.18. The summed E-state index contributed by atoms with van der Waals surface area (Å²) in [4.78, 5) is 0. The summed E-state index contributed by atoms with van der Waals surface area (Å²) >= 11 is 0. The van der Waals surface area contributed by atoms with Gasteiger partial charge in [-0.2, -0.15) is 8.42 Å². The molecule has 0 aliphatic rings. The van der Waals surface area contributed by atoms with Gasteiger partial charge in [-0.25, -0.2) is 8.57 Å². The summed E-state index contributed by atoms with van der Waals surface area (Å²) < 4.78 is 47.4. The molecule has 0 radical (unpaired) electrons. The molecular weight excluding hydrogens is 186 g/mol. The van der Waals surface area contributed by atoms with Crippen LogP contribution in [0.15, 0.2) is 0 Å². The van der Waals surface area contributed by atoms with Crippen LogP contribution in [0.2, 0.25) is 0 Å². The van der Waals surface area contributed by atoms with Crippen molar-refractivity contribution < 1.29 is 26.3 Å². The fourth-order valence-corrected chi connectivity index (χ4v) is 0.634. The van der Waals surface area contributed by atoms with E-state index in [1.165, 1.54) is 0 Å². The number of ether oxygens (including phenoxy) is 1. The SMILES string of the molecule is O=S(=O)(O)OCCOCCF.[LiH]. The third-order valence-electron chi connectivity index (χ3n) is 0.681. The molecule has 0 saturated carbocycles. The monoisotopic (exact) mass is 196 g/mol. The van der Waals surface area contributed by atoms with Gasteiger partial charge in [0.2, 0.25) is 0 Å². The van der Waals surface area contributed by atoms with Crippen molar-refractivity contribution in [1.82, 2.24) is 0 Å². The molecule has 0 rings (SSSR count). The summed E-state index contributed by atoms with van der Waals surface area (Å²) in [6, 6.07) is 0. The number of rotatable bonds is 6. The van der Waals surface area contributed by atoms with Crippen molar-refractivity contribution in [3.8, 4) is 0 Å². The Morgan fingerprint density at radius 3 is 2.25 bits per heavy atom. The molecule has 0 amide bonds. The van der Waals surface area contributed by atoms with E-state index in [-0.39, 0.29) is 38.7 Å². The summed E-state index contributed by atoms with van der Waals surface area (Å²) in [6.45, 7) is -1.11. The zero-order valence-electron chi connectivity index (χ0n) is 5.69. The van der Waals surface area contributed by atoms with Gasteiger partial charge in [-0.05, 0) is 0 Å². The molecule has 70 valence electrons. The van der Waals surface area contributed by atoms with Gasteiger partial charge in [0, 0.05) is 0 Å². The molecule has 0 atom stereocenters. The molecule has 0 bridgehead atoms. The third-order valence-corrected chi connectivity index (χ3v) is 1.15. The van der Waals surface area contributed by atoms with Gasteiger partial charge in [-0.15, -0.1) is 0 Å². The fraction of sp³-hybridized carbons (Fsp3) is 1.00.